The van der Waals surface area contributed by atoms with E-state index in [0.29, 0.717) is 0 Å². The van der Waals surface area contributed by atoms with Gasteiger partial charge in [0.2, 0.25) is 0 Å². The van der Waals surface area contributed by atoms with Crippen molar-refractivity contribution >= 4 is 11.1 Å². The Morgan fingerprint density at radius 3 is 1.83 bits per heavy atom. The molecule has 0 heterocycles. The molecule has 0 unspecified atom stereocenters. The van der Waals surface area contributed by atoms with Crippen molar-refractivity contribution < 1.29 is 10.2 Å². The van der Waals surface area contributed by atoms with Gasteiger partial charge in [-0.05, 0) is 70.5 Å². The van der Waals surface area contributed by atoms with E-state index >= 15 is 0 Å². The molecular weight excluding hydrogens is 296 g/mol. The van der Waals surface area contributed by atoms with Gasteiger partial charge < -0.3 is 10.2 Å². The van der Waals surface area contributed by atoms with Gasteiger partial charge >= 0.3 is 0 Å². The third-order valence-electron chi connectivity index (χ3n) is 4.60. The first-order valence-electron chi connectivity index (χ1n) is 8.12. The molecule has 24 heavy (non-hydrogen) atoms. The largest absolute Gasteiger partial charge is 0.508 e. The van der Waals surface area contributed by atoms with E-state index in [1.807, 2.05) is 24.3 Å². The van der Waals surface area contributed by atoms with Crippen LogP contribution in [0.5, 0.6) is 11.5 Å². The lowest BCUT2D eigenvalue weighted by Gasteiger charge is -2.24. The van der Waals surface area contributed by atoms with Gasteiger partial charge in [0, 0.05) is 0 Å². The number of rotatable bonds is 2. The molecule has 0 saturated carbocycles. The highest BCUT2D eigenvalue weighted by atomic mass is 16.3. The molecule has 0 aromatic heterocycles. The number of allylic oxidation sites excluding steroid dienone is 1. The molecule has 3 aromatic carbocycles. The van der Waals surface area contributed by atoms with Crippen LogP contribution in [0.15, 0.2) is 72.8 Å². The van der Waals surface area contributed by atoms with Crippen molar-refractivity contribution in [3.63, 3.8) is 0 Å². The number of hydrogen-bond acceptors (Lipinski definition) is 2. The standard InChI is InChI=1S/C22H18O2/c23-18-10-5-16(6-11-18)21-14-9-15-3-1-2-4-20(15)22(21)17-7-12-19(24)13-8-17/h1-8,10-13,23-24H,9,14H2. The monoisotopic (exact) mass is 314 g/mol. The summed E-state index contributed by atoms with van der Waals surface area (Å²) in [7, 11) is 0. The minimum Gasteiger partial charge on any atom is -0.508 e. The first-order valence-corrected chi connectivity index (χ1v) is 8.12. The van der Waals surface area contributed by atoms with Crippen molar-refractivity contribution in [1.82, 2.24) is 0 Å². The summed E-state index contributed by atoms with van der Waals surface area (Å²) in [5.41, 5.74) is 7.32. The minimum atomic E-state index is 0.273. The molecule has 0 radical (unpaired) electrons. The van der Waals surface area contributed by atoms with Crippen molar-refractivity contribution in [3.8, 4) is 11.5 Å². The fourth-order valence-corrected chi connectivity index (χ4v) is 3.44. The van der Waals surface area contributed by atoms with Crippen LogP contribution in [-0.2, 0) is 6.42 Å². The maximum absolute atomic E-state index is 9.62. The third kappa shape index (κ3) is 2.56. The van der Waals surface area contributed by atoms with E-state index in [1.54, 1.807) is 24.3 Å². The lowest BCUT2D eigenvalue weighted by Crippen LogP contribution is -2.05. The molecule has 0 aliphatic heterocycles. The zero-order valence-electron chi connectivity index (χ0n) is 13.2. The second-order valence-electron chi connectivity index (χ2n) is 6.10. The van der Waals surface area contributed by atoms with Gasteiger partial charge in [-0.3, -0.25) is 0 Å². The van der Waals surface area contributed by atoms with Crippen LogP contribution >= 0.6 is 0 Å². The van der Waals surface area contributed by atoms with Crippen molar-refractivity contribution in [1.29, 1.82) is 0 Å². The van der Waals surface area contributed by atoms with Crippen LogP contribution in [-0.4, -0.2) is 10.2 Å². The summed E-state index contributed by atoms with van der Waals surface area (Å²) < 4.78 is 0. The highest BCUT2D eigenvalue weighted by Crippen LogP contribution is 2.41. The van der Waals surface area contributed by atoms with Crippen molar-refractivity contribution in [2.75, 3.05) is 0 Å². The Balaban J connectivity index is 1.97. The van der Waals surface area contributed by atoms with Crippen LogP contribution in [0.1, 0.15) is 28.7 Å². The number of fused-ring (bicyclic) bond motifs is 1. The Kier molecular flexibility index (Phi) is 3.58. The molecule has 0 saturated heterocycles. The Hall–Kier alpha value is -3.00. The van der Waals surface area contributed by atoms with Gasteiger partial charge in [0.1, 0.15) is 11.5 Å². The zero-order valence-corrected chi connectivity index (χ0v) is 13.2. The Morgan fingerprint density at radius 1 is 0.583 bits per heavy atom. The molecule has 118 valence electrons. The summed E-state index contributed by atoms with van der Waals surface area (Å²) in [4.78, 5) is 0. The molecule has 2 heteroatoms. The molecule has 1 aliphatic carbocycles. The minimum absolute atomic E-state index is 0.273. The van der Waals surface area contributed by atoms with Gasteiger partial charge in [-0.25, -0.2) is 0 Å². The van der Waals surface area contributed by atoms with Gasteiger partial charge in [0.15, 0.2) is 0 Å². The topological polar surface area (TPSA) is 40.5 Å². The number of phenolic OH excluding ortho intramolecular Hbond substituents is 2. The summed E-state index contributed by atoms with van der Waals surface area (Å²) >= 11 is 0. The Morgan fingerprint density at radius 2 is 1.17 bits per heavy atom. The molecule has 0 atom stereocenters. The van der Waals surface area contributed by atoms with E-state index in [4.69, 9.17) is 0 Å². The normalized spacial score (nSPS) is 13.7. The quantitative estimate of drug-likeness (QED) is 0.698. The summed E-state index contributed by atoms with van der Waals surface area (Å²) in [5, 5.41) is 19.2. The molecule has 4 rings (SSSR count). The molecule has 0 amide bonds. The van der Waals surface area contributed by atoms with Gasteiger partial charge in [-0.2, -0.15) is 0 Å². The molecular formula is C22H18O2. The van der Waals surface area contributed by atoms with E-state index in [-0.39, 0.29) is 11.5 Å². The third-order valence-corrected chi connectivity index (χ3v) is 4.60. The number of benzene rings is 3. The van der Waals surface area contributed by atoms with Gasteiger partial charge in [-0.15, -0.1) is 0 Å². The Bertz CT molecular complexity index is 903. The number of aryl methyl sites for hydroxylation is 1. The summed E-state index contributed by atoms with van der Waals surface area (Å²) in [5.74, 6) is 0.552. The van der Waals surface area contributed by atoms with Crippen LogP contribution in [0.3, 0.4) is 0 Å². The molecule has 0 bridgehead atoms. The molecule has 0 fully saturated rings. The second kappa shape index (κ2) is 5.89. The lowest BCUT2D eigenvalue weighted by molar-refractivity contribution is 0.474. The summed E-state index contributed by atoms with van der Waals surface area (Å²) in [6.45, 7) is 0. The van der Waals surface area contributed by atoms with E-state index in [9.17, 15) is 10.2 Å². The number of phenols is 2. The van der Waals surface area contributed by atoms with Gasteiger partial charge in [0.25, 0.3) is 0 Å². The van der Waals surface area contributed by atoms with E-state index in [0.717, 1.165) is 24.0 Å². The molecule has 0 spiro atoms. The van der Waals surface area contributed by atoms with Crippen molar-refractivity contribution in [3.05, 3.63) is 95.1 Å². The molecule has 1 aliphatic rings. The van der Waals surface area contributed by atoms with Gasteiger partial charge in [0.05, 0.1) is 0 Å². The van der Waals surface area contributed by atoms with E-state index in [2.05, 4.69) is 24.3 Å². The van der Waals surface area contributed by atoms with Crippen molar-refractivity contribution in [2.45, 2.75) is 12.8 Å². The lowest BCUT2D eigenvalue weighted by atomic mass is 9.80. The van der Waals surface area contributed by atoms with E-state index in [1.165, 1.54) is 22.3 Å². The van der Waals surface area contributed by atoms with Crippen LogP contribution in [0, 0.1) is 0 Å². The maximum atomic E-state index is 9.62. The Labute approximate surface area is 141 Å². The van der Waals surface area contributed by atoms with E-state index < -0.39 is 0 Å². The average Bonchev–Trinajstić information content (AvgIpc) is 2.62. The molecule has 2 N–H and O–H groups in total. The smallest absolute Gasteiger partial charge is 0.115 e. The van der Waals surface area contributed by atoms with Crippen LogP contribution in [0.25, 0.3) is 11.1 Å². The molecule has 2 nitrogen and oxygen atoms in total. The SMILES string of the molecule is Oc1ccc(C2=C(c3ccc(O)cc3)c3ccccc3CC2)cc1. The highest BCUT2D eigenvalue weighted by Gasteiger charge is 2.21. The molecule has 3 aromatic rings. The van der Waals surface area contributed by atoms with Crippen LogP contribution in [0.4, 0.5) is 0 Å². The fraction of sp³-hybridized carbons (Fsp3) is 0.0909. The highest BCUT2D eigenvalue weighted by molar-refractivity contribution is 6.00. The average molecular weight is 314 g/mol. The number of aromatic hydroxyl groups is 2. The predicted octanol–water partition coefficient (Wildman–Crippen LogP) is 5.00. The zero-order chi connectivity index (χ0) is 16.5. The predicted molar refractivity (Wildman–Crippen MR) is 96.9 cm³/mol. The summed E-state index contributed by atoms with van der Waals surface area (Å²) in [6.07, 6.45) is 1.96. The van der Waals surface area contributed by atoms with Gasteiger partial charge in [-0.1, -0.05) is 48.5 Å². The van der Waals surface area contributed by atoms with Crippen LogP contribution in [0.2, 0.25) is 0 Å². The van der Waals surface area contributed by atoms with Crippen molar-refractivity contribution in [2.24, 2.45) is 0 Å². The summed E-state index contributed by atoms with van der Waals surface area (Å²) in [6, 6.07) is 23.3. The first kappa shape index (κ1) is 14.6. The maximum Gasteiger partial charge on any atom is 0.115 e. The number of hydrogen-bond donors (Lipinski definition) is 2. The van der Waals surface area contributed by atoms with Crippen LogP contribution < -0.4 is 0 Å². The second-order valence-corrected chi connectivity index (χ2v) is 6.10. The first-order chi connectivity index (χ1) is 11.7. The fourth-order valence-electron chi connectivity index (χ4n) is 3.44.